The summed E-state index contributed by atoms with van der Waals surface area (Å²) in [6, 6.07) is 7.35. The molecule has 3 rings (SSSR count). The zero-order valence-corrected chi connectivity index (χ0v) is 12.9. The van der Waals surface area contributed by atoms with E-state index in [1.54, 1.807) is 11.0 Å². The highest BCUT2D eigenvalue weighted by atomic mass is 16.2. The van der Waals surface area contributed by atoms with E-state index in [2.05, 4.69) is 10.2 Å². The smallest absolute Gasteiger partial charge is 0.251 e. The first-order valence-electron chi connectivity index (χ1n) is 8.15. The molecule has 5 nitrogen and oxygen atoms in total. The Balaban J connectivity index is 1.56. The first kappa shape index (κ1) is 15.0. The molecule has 2 aliphatic heterocycles. The lowest BCUT2D eigenvalue weighted by Crippen LogP contribution is -2.33. The highest BCUT2D eigenvalue weighted by molar-refractivity contribution is 5.99. The summed E-state index contributed by atoms with van der Waals surface area (Å²) in [6.45, 7) is 4.62. The standard InChI is InChI=1S/C17H23N3O2/c21-16-7-4-11-20(16)15-6-3-5-14(13-15)17(22)18-8-12-19-9-1-2-10-19/h3,5-6,13H,1-2,4,7-12H2,(H,18,22). The van der Waals surface area contributed by atoms with E-state index in [9.17, 15) is 9.59 Å². The number of carbonyl (C=O) groups excluding carboxylic acids is 2. The summed E-state index contributed by atoms with van der Waals surface area (Å²) in [5.74, 6) is 0.0827. The zero-order chi connectivity index (χ0) is 15.4. The van der Waals surface area contributed by atoms with Gasteiger partial charge in [-0.1, -0.05) is 6.07 Å². The van der Waals surface area contributed by atoms with E-state index in [1.165, 1.54) is 12.8 Å². The van der Waals surface area contributed by atoms with Gasteiger partial charge in [-0.15, -0.1) is 0 Å². The second kappa shape index (κ2) is 6.92. The Bertz CT molecular complexity index is 553. The number of nitrogens with one attached hydrogen (secondary N) is 1. The van der Waals surface area contributed by atoms with Crippen LogP contribution in [0.4, 0.5) is 5.69 Å². The van der Waals surface area contributed by atoms with Crippen LogP contribution in [0.5, 0.6) is 0 Å². The molecule has 5 heteroatoms. The normalized spacial score (nSPS) is 18.9. The number of hydrogen-bond donors (Lipinski definition) is 1. The number of rotatable bonds is 5. The second-order valence-corrected chi connectivity index (χ2v) is 6.00. The third kappa shape index (κ3) is 3.47. The lowest BCUT2D eigenvalue weighted by Gasteiger charge is -2.17. The summed E-state index contributed by atoms with van der Waals surface area (Å²) in [5, 5.41) is 2.97. The third-order valence-corrected chi connectivity index (χ3v) is 4.41. The average molecular weight is 301 g/mol. The molecule has 1 aromatic carbocycles. The molecule has 0 bridgehead atoms. The summed E-state index contributed by atoms with van der Waals surface area (Å²) >= 11 is 0. The van der Waals surface area contributed by atoms with Crippen molar-refractivity contribution < 1.29 is 9.59 Å². The van der Waals surface area contributed by atoms with Gasteiger partial charge in [0.1, 0.15) is 0 Å². The molecule has 0 aromatic heterocycles. The minimum atomic E-state index is -0.0623. The van der Waals surface area contributed by atoms with E-state index in [0.29, 0.717) is 18.5 Å². The van der Waals surface area contributed by atoms with Crippen molar-refractivity contribution in [3.63, 3.8) is 0 Å². The van der Waals surface area contributed by atoms with E-state index in [4.69, 9.17) is 0 Å². The maximum absolute atomic E-state index is 12.2. The number of benzene rings is 1. The van der Waals surface area contributed by atoms with Crippen molar-refractivity contribution in [3.05, 3.63) is 29.8 Å². The largest absolute Gasteiger partial charge is 0.351 e. The van der Waals surface area contributed by atoms with Crippen LogP contribution in [0.15, 0.2) is 24.3 Å². The SMILES string of the molecule is O=C(NCCN1CCCC1)c1cccc(N2CCCC2=O)c1. The summed E-state index contributed by atoms with van der Waals surface area (Å²) in [5.41, 5.74) is 1.45. The molecular formula is C17H23N3O2. The fourth-order valence-electron chi connectivity index (χ4n) is 3.17. The van der Waals surface area contributed by atoms with E-state index in [1.807, 2.05) is 18.2 Å². The third-order valence-electron chi connectivity index (χ3n) is 4.41. The van der Waals surface area contributed by atoms with Crippen molar-refractivity contribution in [3.8, 4) is 0 Å². The van der Waals surface area contributed by atoms with Crippen molar-refractivity contribution in [2.24, 2.45) is 0 Å². The molecule has 2 aliphatic rings. The predicted molar refractivity (Wildman–Crippen MR) is 86.0 cm³/mol. The summed E-state index contributed by atoms with van der Waals surface area (Å²) < 4.78 is 0. The van der Waals surface area contributed by atoms with Crippen LogP contribution in [0.3, 0.4) is 0 Å². The van der Waals surface area contributed by atoms with Crippen molar-refractivity contribution in [2.75, 3.05) is 37.6 Å². The Hall–Kier alpha value is -1.88. The maximum Gasteiger partial charge on any atom is 0.251 e. The molecule has 0 radical (unpaired) electrons. The lowest BCUT2D eigenvalue weighted by atomic mass is 10.1. The van der Waals surface area contributed by atoms with Crippen molar-refractivity contribution in [1.82, 2.24) is 10.2 Å². The minimum Gasteiger partial charge on any atom is -0.351 e. The Morgan fingerprint density at radius 3 is 2.68 bits per heavy atom. The van der Waals surface area contributed by atoms with E-state index < -0.39 is 0 Å². The molecular weight excluding hydrogens is 278 g/mol. The highest BCUT2D eigenvalue weighted by Gasteiger charge is 2.22. The number of likely N-dealkylation sites (tertiary alicyclic amines) is 1. The van der Waals surface area contributed by atoms with Crippen LogP contribution >= 0.6 is 0 Å². The van der Waals surface area contributed by atoms with Crippen LogP contribution in [0.25, 0.3) is 0 Å². The Kier molecular flexibility index (Phi) is 4.73. The van der Waals surface area contributed by atoms with E-state index >= 15 is 0 Å². The van der Waals surface area contributed by atoms with Crippen LogP contribution in [-0.4, -0.2) is 49.4 Å². The van der Waals surface area contributed by atoms with Gasteiger partial charge in [-0.05, 0) is 50.6 Å². The number of anilines is 1. The molecule has 0 unspecified atom stereocenters. The number of carbonyl (C=O) groups is 2. The fraction of sp³-hybridized carbons (Fsp3) is 0.529. The van der Waals surface area contributed by atoms with Crippen molar-refractivity contribution in [1.29, 1.82) is 0 Å². The highest BCUT2D eigenvalue weighted by Crippen LogP contribution is 2.22. The van der Waals surface area contributed by atoms with Crippen LogP contribution in [0.2, 0.25) is 0 Å². The first-order chi connectivity index (χ1) is 10.7. The maximum atomic E-state index is 12.2. The molecule has 0 saturated carbocycles. The Morgan fingerprint density at radius 1 is 1.14 bits per heavy atom. The second-order valence-electron chi connectivity index (χ2n) is 6.00. The number of amides is 2. The van der Waals surface area contributed by atoms with Gasteiger partial charge in [-0.2, -0.15) is 0 Å². The van der Waals surface area contributed by atoms with Gasteiger partial charge in [0, 0.05) is 37.3 Å². The number of nitrogens with zero attached hydrogens (tertiary/aromatic N) is 2. The van der Waals surface area contributed by atoms with Gasteiger partial charge in [0.2, 0.25) is 5.91 Å². The summed E-state index contributed by atoms with van der Waals surface area (Å²) in [7, 11) is 0. The van der Waals surface area contributed by atoms with Crippen molar-refractivity contribution >= 4 is 17.5 Å². The fourth-order valence-corrected chi connectivity index (χ4v) is 3.17. The van der Waals surface area contributed by atoms with Crippen LogP contribution in [0.1, 0.15) is 36.0 Å². The monoisotopic (exact) mass is 301 g/mol. The quantitative estimate of drug-likeness (QED) is 0.899. The molecule has 2 saturated heterocycles. The molecule has 2 heterocycles. The van der Waals surface area contributed by atoms with E-state index in [-0.39, 0.29) is 11.8 Å². The molecule has 1 N–H and O–H groups in total. The molecule has 0 atom stereocenters. The lowest BCUT2D eigenvalue weighted by molar-refractivity contribution is -0.117. The Labute approximate surface area is 131 Å². The van der Waals surface area contributed by atoms with Crippen molar-refractivity contribution in [2.45, 2.75) is 25.7 Å². The molecule has 0 spiro atoms. The van der Waals surface area contributed by atoms with Gasteiger partial charge in [-0.3, -0.25) is 9.59 Å². The van der Waals surface area contributed by atoms with Crippen LogP contribution < -0.4 is 10.2 Å². The Morgan fingerprint density at radius 2 is 1.95 bits per heavy atom. The summed E-state index contributed by atoms with van der Waals surface area (Å²) in [4.78, 5) is 28.2. The van der Waals surface area contributed by atoms with Crippen LogP contribution in [0, 0.1) is 0 Å². The summed E-state index contributed by atoms with van der Waals surface area (Å²) in [6.07, 6.45) is 4.02. The molecule has 0 aliphatic carbocycles. The van der Waals surface area contributed by atoms with Crippen LogP contribution in [-0.2, 0) is 4.79 Å². The average Bonchev–Trinajstić information content (AvgIpc) is 3.19. The number of hydrogen-bond acceptors (Lipinski definition) is 3. The molecule has 1 aromatic rings. The predicted octanol–water partition coefficient (Wildman–Crippen LogP) is 1.64. The minimum absolute atomic E-state index is 0.0623. The first-order valence-corrected chi connectivity index (χ1v) is 8.15. The topological polar surface area (TPSA) is 52.7 Å². The van der Waals surface area contributed by atoms with Gasteiger partial charge in [0.15, 0.2) is 0 Å². The van der Waals surface area contributed by atoms with Gasteiger partial charge in [0.25, 0.3) is 5.91 Å². The molecule has 22 heavy (non-hydrogen) atoms. The molecule has 2 fully saturated rings. The van der Waals surface area contributed by atoms with Gasteiger partial charge < -0.3 is 15.1 Å². The zero-order valence-electron chi connectivity index (χ0n) is 12.9. The van der Waals surface area contributed by atoms with Gasteiger partial charge in [0.05, 0.1) is 0 Å². The van der Waals surface area contributed by atoms with Gasteiger partial charge in [-0.25, -0.2) is 0 Å². The molecule has 118 valence electrons. The van der Waals surface area contributed by atoms with E-state index in [0.717, 1.165) is 38.3 Å². The molecule has 2 amide bonds. The van der Waals surface area contributed by atoms with Gasteiger partial charge >= 0.3 is 0 Å².